The molecule has 1 heterocycles. The van der Waals surface area contributed by atoms with Gasteiger partial charge in [0.2, 0.25) is 0 Å². The van der Waals surface area contributed by atoms with Gasteiger partial charge in [0.1, 0.15) is 5.82 Å². The van der Waals surface area contributed by atoms with Crippen LogP contribution >= 0.6 is 11.8 Å². The van der Waals surface area contributed by atoms with Gasteiger partial charge in [0.15, 0.2) is 0 Å². The summed E-state index contributed by atoms with van der Waals surface area (Å²) in [6.45, 7) is 2.69. The molecule has 1 fully saturated rings. The quantitative estimate of drug-likeness (QED) is 0.883. The largest absolute Gasteiger partial charge is 0.392 e. The van der Waals surface area contributed by atoms with Gasteiger partial charge >= 0.3 is 0 Å². The van der Waals surface area contributed by atoms with Crippen LogP contribution in [0.1, 0.15) is 18.9 Å². The molecule has 4 heteroatoms. The molecule has 1 N–H and O–H groups in total. The number of rotatable bonds is 3. The third-order valence-electron chi connectivity index (χ3n) is 2.71. The van der Waals surface area contributed by atoms with E-state index in [2.05, 4.69) is 0 Å². The number of benzene rings is 1. The summed E-state index contributed by atoms with van der Waals surface area (Å²) in [4.78, 5) is 0.867. The van der Waals surface area contributed by atoms with Crippen molar-refractivity contribution in [1.82, 2.24) is 0 Å². The number of hydrogen-bond donors (Lipinski definition) is 1. The first-order valence-electron chi connectivity index (χ1n) is 5.37. The molecule has 2 rings (SSSR count). The summed E-state index contributed by atoms with van der Waals surface area (Å²) in [7, 11) is 0. The van der Waals surface area contributed by atoms with E-state index in [1.165, 1.54) is 12.1 Å². The van der Waals surface area contributed by atoms with Crippen LogP contribution in [0, 0.1) is 5.82 Å². The predicted molar refractivity (Wildman–Crippen MR) is 62.0 cm³/mol. The fourth-order valence-corrected chi connectivity index (χ4v) is 3.06. The summed E-state index contributed by atoms with van der Waals surface area (Å²) < 4.78 is 18.7. The lowest BCUT2D eigenvalue weighted by molar-refractivity contribution is 0.127. The van der Waals surface area contributed by atoms with E-state index in [9.17, 15) is 4.39 Å². The Kier molecular flexibility index (Phi) is 3.84. The van der Waals surface area contributed by atoms with Gasteiger partial charge < -0.3 is 9.84 Å². The minimum atomic E-state index is -0.291. The number of halogens is 1. The SMILES string of the molecule is CC1OCCC1Sc1cc(F)cc(CO)c1. The number of thioether (sulfide) groups is 1. The van der Waals surface area contributed by atoms with Crippen LogP contribution in [0.15, 0.2) is 23.1 Å². The molecule has 0 aromatic heterocycles. The second-order valence-corrected chi connectivity index (χ2v) is 5.29. The van der Waals surface area contributed by atoms with E-state index in [0.717, 1.165) is 17.9 Å². The molecule has 16 heavy (non-hydrogen) atoms. The minimum absolute atomic E-state index is 0.123. The standard InChI is InChI=1S/C12H15FO2S/c1-8-12(2-3-15-8)16-11-5-9(7-14)4-10(13)6-11/h4-6,8,12,14H,2-3,7H2,1H3. The fourth-order valence-electron chi connectivity index (χ4n) is 1.82. The molecule has 0 amide bonds. The smallest absolute Gasteiger partial charge is 0.124 e. The Morgan fingerprint density at radius 3 is 2.94 bits per heavy atom. The van der Waals surface area contributed by atoms with Crippen molar-refractivity contribution < 1.29 is 14.2 Å². The average Bonchev–Trinajstić information content (AvgIpc) is 2.63. The molecule has 0 bridgehead atoms. The Balaban J connectivity index is 2.11. The molecule has 0 saturated carbocycles. The lowest BCUT2D eigenvalue weighted by Gasteiger charge is -2.14. The zero-order chi connectivity index (χ0) is 11.5. The van der Waals surface area contributed by atoms with Crippen molar-refractivity contribution in [1.29, 1.82) is 0 Å². The zero-order valence-corrected chi connectivity index (χ0v) is 9.97. The first kappa shape index (κ1) is 11.9. The average molecular weight is 242 g/mol. The number of hydrogen-bond acceptors (Lipinski definition) is 3. The number of aliphatic hydroxyl groups excluding tert-OH is 1. The van der Waals surface area contributed by atoms with E-state index in [1.54, 1.807) is 11.8 Å². The molecule has 1 aromatic rings. The molecular formula is C12H15FO2S. The van der Waals surface area contributed by atoms with Gasteiger partial charge in [-0.3, -0.25) is 0 Å². The Morgan fingerprint density at radius 1 is 1.50 bits per heavy atom. The van der Waals surface area contributed by atoms with Gasteiger partial charge in [-0.2, -0.15) is 0 Å². The molecule has 1 aliphatic heterocycles. The summed E-state index contributed by atoms with van der Waals surface area (Å²) in [6.07, 6.45) is 1.21. The molecule has 1 aliphatic rings. The van der Waals surface area contributed by atoms with E-state index in [0.29, 0.717) is 10.8 Å². The summed E-state index contributed by atoms with van der Waals surface area (Å²) in [5, 5.41) is 9.38. The van der Waals surface area contributed by atoms with Crippen molar-refractivity contribution in [2.24, 2.45) is 0 Å². The third-order valence-corrected chi connectivity index (χ3v) is 4.14. The molecule has 1 saturated heterocycles. The fraction of sp³-hybridized carbons (Fsp3) is 0.500. The van der Waals surface area contributed by atoms with Gasteiger partial charge in [0.05, 0.1) is 12.7 Å². The maximum absolute atomic E-state index is 13.2. The molecule has 0 aliphatic carbocycles. The highest BCUT2D eigenvalue weighted by Gasteiger charge is 2.25. The lowest BCUT2D eigenvalue weighted by atomic mass is 10.2. The van der Waals surface area contributed by atoms with Crippen LogP contribution < -0.4 is 0 Å². The topological polar surface area (TPSA) is 29.5 Å². The van der Waals surface area contributed by atoms with Crippen molar-refractivity contribution in [2.75, 3.05) is 6.61 Å². The zero-order valence-electron chi connectivity index (χ0n) is 9.15. The summed E-state index contributed by atoms with van der Waals surface area (Å²) in [6, 6.07) is 4.70. The summed E-state index contributed by atoms with van der Waals surface area (Å²) in [5.41, 5.74) is 0.620. The highest BCUT2D eigenvalue weighted by atomic mass is 32.2. The maximum Gasteiger partial charge on any atom is 0.124 e. The second-order valence-electron chi connectivity index (χ2n) is 3.97. The van der Waals surface area contributed by atoms with Crippen molar-refractivity contribution in [3.8, 4) is 0 Å². The van der Waals surface area contributed by atoms with Crippen molar-refractivity contribution in [3.05, 3.63) is 29.6 Å². The lowest BCUT2D eigenvalue weighted by Crippen LogP contribution is -2.13. The van der Waals surface area contributed by atoms with E-state index >= 15 is 0 Å². The van der Waals surface area contributed by atoms with Crippen molar-refractivity contribution in [2.45, 2.75) is 36.2 Å². The third kappa shape index (κ3) is 2.75. The molecular weight excluding hydrogens is 227 g/mol. The molecule has 0 radical (unpaired) electrons. The predicted octanol–water partition coefficient (Wildman–Crippen LogP) is 2.59. The van der Waals surface area contributed by atoms with Gasteiger partial charge in [-0.25, -0.2) is 4.39 Å². The molecule has 2 nitrogen and oxygen atoms in total. The summed E-state index contributed by atoms with van der Waals surface area (Å²) >= 11 is 1.63. The summed E-state index contributed by atoms with van der Waals surface area (Å²) in [5.74, 6) is -0.291. The second kappa shape index (κ2) is 5.17. The van der Waals surface area contributed by atoms with Gasteiger partial charge in [-0.1, -0.05) is 0 Å². The van der Waals surface area contributed by atoms with E-state index < -0.39 is 0 Å². The van der Waals surface area contributed by atoms with Crippen LogP contribution in [0.5, 0.6) is 0 Å². The van der Waals surface area contributed by atoms with Crippen LogP contribution in [0.3, 0.4) is 0 Å². The normalized spacial score (nSPS) is 24.9. The number of aliphatic hydroxyl groups is 1. The van der Waals surface area contributed by atoms with Crippen molar-refractivity contribution in [3.63, 3.8) is 0 Å². The molecule has 1 aromatic carbocycles. The Hall–Kier alpha value is -0.580. The molecule has 0 spiro atoms. The van der Waals surface area contributed by atoms with Crippen LogP contribution in [-0.2, 0) is 11.3 Å². The maximum atomic E-state index is 13.2. The van der Waals surface area contributed by atoms with Gasteiger partial charge in [0.25, 0.3) is 0 Å². The van der Waals surface area contributed by atoms with Crippen LogP contribution in [0.25, 0.3) is 0 Å². The van der Waals surface area contributed by atoms with E-state index in [-0.39, 0.29) is 18.5 Å². The van der Waals surface area contributed by atoms with Crippen LogP contribution in [0.4, 0.5) is 4.39 Å². The molecule has 2 unspecified atom stereocenters. The monoisotopic (exact) mass is 242 g/mol. The van der Waals surface area contributed by atoms with Crippen LogP contribution in [0.2, 0.25) is 0 Å². The first-order valence-corrected chi connectivity index (χ1v) is 6.25. The Labute approximate surface area is 98.8 Å². The number of ether oxygens (including phenoxy) is 1. The van der Waals surface area contributed by atoms with E-state index in [1.807, 2.05) is 13.0 Å². The van der Waals surface area contributed by atoms with Gasteiger partial charge in [-0.05, 0) is 37.1 Å². The first-order chi connectivity index (χ1) is 7.69. The minimum Gasteiger partial charge on any atom is -0.392 e. The Morgan fingerprint density at radius 2 is 2.31 bits per heavy atom. The molecule has 2 atom stereocenters. The van der Waals surface area contributed by atoms with Crippen LogP contribution in [-0.4, -0.2) is 23.1 Å². The highest BCUT2D eigenvalue weighted by Crippen LogP contribution is 2.33. The highest BCUT2D eigenvalue weighted by molar-refractivity contribution is 8.00. The van der Waals surface area contributed by atoms with Crippen molar-refractivity contribution >= 4 is 11.8 Å². The van der Waals surface area contributed by atoms with E-state index in [4.69, 9.17) is 9.84 Å². The van der Waals surface area contributed by atoms with Gasteiger partial charge in [0, 0.05) is 16.8 Å². The Bertz CT molecular complexity index is 370. The van der Waals surface area contributed by atoms with Gasteiger partial charge in [-0.15, -0.1) is 11.8 Å². The molecule has 88 valence electrons.